The van der Waals surface area contributed by atoms with Crippen molar-refractivity contribution in [2.45, 2.75) is 13.1 Å². The molecule has 0 atom stereocenters. The monoisotopic (exact) mass is 394 g/mol. The molecule has 140 valence electrons. The number of aromatic nitrogens is 2. The summed E-state index contributed by atoms with van der Waals surface area (Å²) in [6.07, 6.45) is -4.49. The summed E-state index contributed by atoms with van der Waals surface area (Å²) in [5, 5.41) is 4.64. The minimum Gasteiger partial charge on any atom is -0.461 e. The van der Waals surface area contributed by atoms with Gasteiger partial charge < -0.3 is 4.74 Å². The SMILES string of the molecule is CCOC(=O)c1cc(-c2cccc(C(F)(F)F)c2)n(-c2cccc(Cl)c2)n1. The Balaban J connectivity index is 2.17. The molecule has 0 aliphatic heterocycles. The number of nitrogens with zero attached hydrogens (tertiary/aromatic N) is 2. The molecule has 1 aromatic heterocycles. The Hall–Kier alpha value is -2.80. The summed E-state index contributed by atoms with van der Waals surface area (Å²) in [5.41, 5.74) is 0.269. The van der Waals surface area contributed by atoms with Crippen LogP contribution in [0.25, 0.3) is 16.9 Å². The number of esters is 1. The zero-order chi connectivity index (χ0) is 19.6. The van der Waals surface area contributed by atoms with Crippen LogP contribution in [0, 0.1) is 0 Å². The van der Waals surface area contributed by atoms with Crippen molar-refractivity contribution < 1.29 is 22.7 Å². The summed E-state index contributed by atoms with van der Waals surface area (Å²) in [4.78, 5) is 12.1. The topological polar surface area (TPSA) is 44.1 Å². The molecule has 0 N–H and O–H groups in total. The van der Waals surface area contributed by atoms with Crippen molar-refractivity contribution in [1.29, 1.82) is 0 Å². The van der Waals surface area contributed by atoms with Crippen molar-refractivity contribution in [3.8, 4) is 16.9 Å². The quantitative estimate of drug-likeness (QED) is 0.557. The summed E-state index contributed by atoms with van der Waals surface area (Å²) < 4.78 is 45.6. The molecule has 27 heavy (non-hydrogen) atoms. The highest BCUT2D eigenvalue weighted by molar-refractivity contribution is 6.30. The molecule has 3 rings (SSSR count). The molecule has 0 radical (unpaired) electrons. The van der Waals surface area contributed by atoms with Crippen molar-refractivity contribution in [2.24, 2.45) is 0 Å². The van der Waals surface area contributed by atoms with Crippen LogP contribution in [0.3, 0.4) is 0 Å². The molecule has 0 amide bonds. The third kappa shape index (κ3) is 4.14. The molecule has 0 saturated carbocycles. The maximum absolute atomic E-state index is 13.1. The van der Waals surface area contributed by atoms with E-state index in [1.165, 1.54) is 22.9 Å². The maximum Gasteiger partial charge on any atom is 0.416 e. The van der Waals surface area contributed by atoms with Crippen LogP contribution in [0.4, 0.5) is 13.2 Å². The average molecular weight is 395 g/mol. The Morgan fingerprint density at radius 2 is 1.89 bits per heavy atom. The van der Waals surface area contributed by atoms with Crippen molar-refractivity contribution in [3.05, 3.63) is 70.9 Å². The van der Waals surface area contributed by atoms with Crippen LogP contribution in [0.2, 0.25) is 5.02 Å². The Morgan fingerprint density at radius 1 is 1.15 bits per heavy atom. The normalized spacial score (nSPS) is 11.4. The van der Waals surface area contributed by atoms with Crippen molar-refractivity contribution in [1.82, 2.24) is 9.78 Å². The van der Waals surface area contributed by atoms with Crippen LogP contribution in [-0.2, 0) is 10.9 Å². The number of benzene rings is 2. The molecule has 0 spiro atoms. The van der Waals surface area contributed by atoms with Crippen LogP contribution >= 0.6 is 11.6 Å². The molecule has 4 nitrogen and oxygen atoms in total. The van der Waals surface area contributed by atoms with Gasteiger partial charge >= 0.3 is 12.1 Å². The Labute approximate surface area is 158 Å². The van der Waals surface area contributed by atoms with Gasteiger partial charge in [0.05, 0.1) is 23.6 Å². The van der Waals surface area contributed by atoms with Gasteiger partial charge in [-0.1, -0.05) is 29.8 Å². The summed E-state index contributed by atoms with van der Waals surface area (Å²) in [5.74, 6) is -0.661. The Kier molecular flexibility index (Phi) is 5.23. The van der Waals surface area contributed by atoms with E-state index in [0.29, 0.717) is 16.4 Å². The second-order valence-corrected chi connectivity index (χ2v) is 6.04. The number of hydrogen-bond donors (Lipinski definition) is 0. The summed E-state index contributed by atoms with van der Waals surface area (Å²) in [7, 11) is 0. The largest absolute Gasteiger partial charge is 0.461 e. The number of ether oxygens (including phenoxy) is 1. The first kappa shape index (κ1) is 19.0. The number of carbonyl (C=O) groups is 1. The fourth-order valence-electron chi connectivity index (χ4n) is 2.55. The number of halogens is 4. The molecule has 8 heteroatoms. The van der Waals surface area contributed by atoms with E-state index >= 15 is 0 Å². The molecule has 2 aromatic carbocycles. The molecule has 0 aliphatic rings. The summed E-state index contributed by atoms with van der Waals surface area (Å²) >= 11 is 6.02. The molecule has 0 fully saturated rings. The predicted molar refractivity (Wildman–Crippen MR) is 95.0 cm³/mol. The van der Waals surface area contributed by atoms with Crippen molar-refractivity contribution in [2.75, 3.05) is 6.61 Å². The minimum atomic E-state index is -4.49. The van der Waals surface area contributed by atoms with Crippen LogP contribution in [0.5, 0.6) is 0 Å². The second-order valence-electron chi connectivity index (χ2n) is 5.61. The van der Waals surface area contributed by atoms with Crippen molar-refractivity contribution in [3.63, 3.8) is 0 Å². The lowest BCUT2D eigenvalue weighted by Crippen LogP contribution is -2.07. The third-order valence-corrected chi connectivity index (χ3v) is 3.97. The van der Waals surface area contributed by atoms with Gasteiger partial charge in [-0.05, 0) is 43.3 Å². The second kappa shape index (κ2) is 7.44. The number of hydrogen-bond acceptors (Lipinski definition) is 3. The molecule has 0 bridgehead atoms. The molecule has 3 aromatic rings. The highest BCUT2D eigenvalue weighted by atomic mass is 35.5. The average Bonchev–Trinajstić information content (AvgIpc) is 3.07. The molecule has 0 unspecified atom stereocenters. The Bertz CT molecular complexity index is 983. The van der Waals surface area contributed by atoms with E-state index in [1.54, 1.807) is 31.2 Å². The fourth-order valence-corrected chi connectivity index (χ4v) is 2.74. The third-order valence-electron chi connectivity index (χ3n) is 3.73. The minimum absolute atomic E-state index is 0.00997. The van der Waals surface area contributed by atoms with Gasteiger partial charge in [0.15, 0.2) is 5.69 Å². The zero-order valence-corrected chi connectivity index (χ0v) is 14.9. The van der Waals surface area contributed by atoms with Gasteiger partial charge in [0, 0.05) is 10.6 Å². The lowest BCUT2D eigenvalue weighted by atomic mass is 10.1. The molecule has 1 heterocycles. The predicted octanol–water partition coefficient (Wildman–Crippen LogP) is 5.39. The van der Waals surface area contributed by atoms with E-state index < -0.39 is 17.7 Å². The van der Waals surface area contributed by atoms with Gasteiger partial charge in [-0.25, -0.2) is 9.48 Å². The Morgan fingerprint density at radius 3 is 2.56 bits per heavy atom. The first-order valence-electron chi connectivity index (χ1n) is 8.00. The smallest absolute Gasteiger partial charge is 0.416 e. The van der Waals surface area contributed by atoms with Gasteiger partial charge in [-0.15, -0.1) is 0 Å². The van der Waals surface area contributed by atoms with E-state index in [0.717, 1.165) is 12.1 Å². The highest BCUT2D eigenvalue weighted by Gasteiger charge is 2.31. The maximum atomic E-state index is 13.1. The zero-order valence-electron chi connectivity index (χ0n) is 14.1. The van der Waals surface area contributed by atoms with E-state index in [4.69, 9.17) is 16.3 Å². The molecular weight excluding hydrogens is 381 g/mol. The fraction of sp³-hybridized carbons (Fsp3) is 0.158. The highest BCUT2D eigenvalue weighted by Crippen LogP contribution is 2.33. The van der Waals surface area contributed by atoms with E-state index in [9.17, 15) is 18.0 Å². The lowest BCUT2D eigenvalue weighted by molar-refractivity contribution is -0.137. The van der Waals surface area contributed by atoms with Gasteiger partial charge in [-0.2, -0.15) is 18.3 Å². The van der Waals surface area contributed by atoms with Crippen LogP contribution in [0.1, 0.15) is 23.0 Å². The van der Waals surface area contributed by atoms with E-state index in [2.05, 4.69) is 5.10 Å². The number of carbonyl (C=O) groups excluding carboxylic acids is 1. The van der Waals surface area contributed by atoms with E-state index in [1.807, 2.05) is 0 Å². The summed E-state index contributed by atoms with van der Waals surface area (Å²) in [6, 6.07) is 12.8. The standard InChI is InChI=1S/C19H14ClF3N2O2/c1-2-27-18(26)16-11-17(12-5-3-6-13(9-12)19(21,22)23)25(24-16)15-8-4-7-14(20)10-15/h3-11H,2H2,1H3. The van der Waals surface area contributed by atoms with Gasteiger partial charge in [0.1, 0.15) is 0 Å². The first-order chi connectivity index (χ1) is 12.8. The lowest BCUT2D eigenvalue weighted by Gasteiger charge is -2.11. The molecule has 0 saturated heterocycles. The first-order valence-corrected chi connectivity index (χ1v) is 8.38. The summed E-state index contributed by atoms with van der Waals surface area (Å²) in [6.45, 7) is 1.81. The van der Waals surface area contributed by atoms with Crippen LogP contribution in [0.15, 0.2) is 54.6 Å². The van der Waals surface area contributed by atoms with Gasteiger partial charge in [0.25, 0.3) is 0 Å². The van der Waals surface area contributed by atoms with Crippen LogP contribution < -0.4 is 0 Å². The van der Waals surface area contributed by atoms with Crippen LogP contribution in [-0.4, -0.2) is 22.4 Å². The van der Waals surface area contributed by atoms with Gasteiger partial charge in [0.2, 0.25) is 0 Å². The van der Waals surface area contributed by atoms with Gasteiger partial charge in [-0.3, -0.25) is 0 Å². The van der Waals surface area contributed by atoms with Crippen molar-refractivity contribution >= 4 is 17.6 Å². The number of alkyl halides is 3. The van der Waals surface area contributed by atoms with E-state index in [-0.39, 0.29) is 17.9 Å². The molecular formula is C19H14ClF3N2O2. The number of rotatable bonds is 4. The molecule has 0 aliphatic carbocycles.